The van der Waals surface area contributed by atoms with Gasteiger partial charge in [-0.15, -0.1) is 11.6 Å². The minimum Gasteiger partial charge on any atom is -0.395 e. The van der Waals surface area contributed by atoms with Gasteiger partial charge in [0.2, 0.25) is 17.8 Å². The number of hydrogen-bond acceptors (Lipinski definition) is 13. The van der Waals surface area contributed by atoms with E-state index < -0.39 is 0 Å². The Morgan fingerprint density at radius 2 is 1.23 bits per heavy atom. The van der Waals surface area contributed by atoms with E-state index in [1.807, 2.05) is 0 Å². The van der Waals surface area contributed by atoms with Crippen molar-refractivity contribution in [2.24, 2.45) is 0 Å². The number of hydrogen-bond donors (Lipinski definition) is 8. The molecule has 0 aromatic carbocycles. The van der Waals surface area contributed by atoms with Crippen molar-refractivity contribution in [1.29, 1.82) is 0 Å². The molecule has 204 valence electrons. The molecule has 6 aromatic rings. The number of nitrogens with two attached hydrogens (primary N) is 3. The first-order valence-electron chi connectivity index (χ1n) is 11.0. The third kappa shape index (κ3) is 5.83. The van der Waals surface area contributed by atoms with Gasteiger partial charge in [0.25, 0.3) is 16.7 Å². The molecule has 6 aromatic heterocycles. The molecule has 0 aliphatic heterocycles. The Morgan fingerprint density at radius 1 is 0.744 bits per heavy atom. The zero-order valence-corrected chi connectivity index (χ0v) is 20.7. The van der Waals surface area contributed by atoms with Gasteiger partial charge in [-0.05, 0) is 0 Å². The Bertz CT molecular complexity index is 1820. The van der Waals surface area contributed by atoms with Crippen LogP contribution in [-0.4, -0.2) is 76.6 Å². The average Bonchev–Trinajstić information content (AvgIpc) is 3.60. The van der Waals surface area contributed by atoms with Crippen LogP contribution in [0.25, 0.3) is 33.5 Å². The zero-order chi connectivity index (χ0) is 28.1. The number of aliphatic hydroxyl groups is 1. The fraction of sp³-hybridized carbons (Fsp3) is 0.211. The summed E-state index contributed by atoms with van der Waals surface area (Å²) in [5.74, 6) is 0.597. The number of aromatic nitrogens is 12. The van der Waals surface area contributed by atoms with Gasteiger partial charge < -0.3 is 36.4 Å². The first-order valence-corrected chi connectivity index (χ1v) is 11.5. The molecule has 0 aliphatic carbocycles. The monoisotopic (exact) mass is 559 g/mol. The quantitative estimate of drug-likeness (QED) is 0.107. The van der Waals surface area contributed by atoms with E-state index in [9.17, 15) is 14.4 Å². The van der Waals surface area contributed by atoms with Gasteiger partial charge in [0.15, 0.2) is 33.5 Å². The van der Waals surface area contributed by atoms with Gasteiger partial charge in [-0.2, -0.15) is 15.0 Å². The smallest absolute Gasteiger partial charge is 0.278 e. The number of imidazole rings is 3. The van der Waals surface area contributed by atoms with Crippen LogP contribution in [-0.2, 0) is 13.1 Å². The van der Waals surface area contributed by atoms with Crippen molar-refractivity contribution in [3.05, 3.63) is 50.0 Å². The van der Waals surface area contributed by atoms with Crippen molar-refractivity contribution >= 4 is 62.9 Å². The fourth-order valence-electron chi connectivity index (χ4n) is 3.40. The summed E-state index contributed by atoms with van der Waals surface area (Å²) >= 11 is 5.57. The maximum Gasteiger partial charge on any atom is 0.278 e. The van der Waals surface area contributed by atoms with Gasteiger partial charge >= 0.3 is 0 Å². The van der Waals surface area contributed by atoms with E-state index in [0.717, 1.165) is 0 Å². The molecule has 0 unspecified atom stereocenters. The number of rotatable bonds is 4. The Hall–Kier alpha value is -5.30. The van der Waals surface area contributed by atoms with Crippen LogP contribution < -0.4 is 33.9 Å². The summed E-state index contributed by atoms with van der Waals surface area (Å²) in [5, 5.41) is 8.74. The van der Waals surface area contributed by atoms with Crippen molar-refractivity contribution in [3.63, 3.8) is 0 Å². The molecule has 6 rings (SSSR count). The number of fused-ring (bicyclic) bond motifs is 3. The van der Waals surface area contributed by atoms with E-state index in [1.54, 1.807) is 4.57 Å². The second-order valence-electron chi connectivity index (χ2n) is 7.59. The van der Waals surface area contributed by atoms with E-state index in [4.69, 9.17) is 33.9 Å². The van der Waals surface area contributed by atoms with Crippen molar-refractivity contribution < 1.29 is 5.11 Å². The summed E-state index contributed by atoms with van der Waals surface area (Å²) in [6, 6.07) is 0. The second kappa shape index (κ2) is 11.4. The Balaban J connectivity index is 0.000000137. The zero-order valence-electron chi connectivity index (χ0n) is 19.9. The molecule has 0 fully saturated rings. The summed E-state index contributed by atoms with van der Waals surface area (Å²) in [7, 11) is 0. The number of alkyl halides is 1. The maximum atomic E-state index is 11.5. The van der Waals surface area contributed by atoms with Crippen molar-refractivity contribution in [3.8, 4) is 0 Å². The molecular formula is C19H22ClN15O4. The van der Waals surface area contributed by atoms with Gasteiger partial charge in [0.05, 0.1) is 25.6 Å². The lowest BCUT2D eigenvalue weighted by Crippen LogP contribution is -2.15. The molecule has 0 spiro atoms. The highest BCUT2D eigenvalue weighted by Gasteiger charge is 2.09. The summed E-state index contributed by atoms with van der Waals surface area (Å²) in [5.41, 5.74) is 17.1. The highest BCUT2D eigenvalue weighted by molar-refractivity contribution is 6.17. The third-order valence-electron chi connectivity index (χ3n) is 4.98. The topological polar surface area (TPSA) is 300 Å². The van der Waals surface area contributed by atoms with Crippen LogP contribution in [0.1, 0.15) is 0 Å². The molecule has 0 aliphatic rings. The van der Waals surface area contributed by atoms with Crippen molar-refractivity contribution in [1.82, 2.24) is 59.0 Å². The SMILES string of the molecule is Nc1nc2nc[nH]c2c(=O)[nH]1.Nc1nc2ncn(CCCl)c2c(=O)[nH]1.Nc1nc2ncn(CCO)c2c(=O)[nH]1. The molecule has 19 nitrogen and oxygen atoms in total. The van der Waals surface area contributed by atoms with E-state index in [-0.39, 0.29) is 41.1 Å². The van der Waals surface area contributed by atoms with Crippen LogP contribution in [0.15, 0.2) is 33.4 Å². The first-order chi connectivity index (χ1) is 18.7. The standard InChI is InChI=1S/C7H8ClN5O.C7H9N5O2.C5H5N5O/c8-1-2-13-3-10-5-4(13)6(14)12-7(9)11-5;8-7-10-5-4(6(14)11-7)12(1-2-13)3-9-5;6-5-9-3-2(4(11)10-5)7-1-8-3/h3H,1-2H2,(H3,9,11,12,14);3,13H,1-2H2,(H3,8,10,11,14);1H,(H4,6,7,8,9,10,11). The van der Waals surface area contributed by atoms with Crippen molar-refractivity contribution in [2.75, 3.05) is 29.7 Å². The van der Waals surface area contributed by atoms with Gasteiger partial charge in [-0.1, -0.05) is 0 Å². The maximum absolute atomic E-state index is 11.5. The lowest BCUT2D eigenvalue weighted by atomic mass is 10.5. The number of nitrogens with zero attached hydrogens (tertiary/aromatic N) is 8. The second-order valence-corrected chi connectivity index (χ2v) is 7.97. The van der Waals surface area contributed by atoms with Gasteiger partial charge in [-0.25, -0.2) is 15.0 Å². The molecule has 6 heterocycles. The average molecular weight is 560 g/mol. The lowest BCUT2D eigenvalue weighted by molar-refractivity contribution is 0.277. The number of anilines is 3. The Morgan fingerprint density at radius 3 is 1.74 bits per heavy atom. The lowest BCUT2D eigenvalue weighted by Gasteiger charge is -1.98. The third-order valence-corrected chi connectivity index (χ3v) is 5.15. The minimum absolute atomic E-state index is 0.0387. The number of aromatic amines is 4. The molecule has 39 heavy (non-hydrogen) atoms. The molecule has 0 amide bonds. The van der Waals surface area contributed by atoms with Crippen LogP contribution in [0.2, 0.25) is 0 Å². The number of halogens is 1. The van der Waals surface area contributed by atoms with Crippen LogP contribution in [0.5, 0.6) is 0 Å². The van der Waals surface area contributed by atoms with Crippen LogP contribution in [0.3, 0.4) is 0 Å². The summed E-state index contributed by atoms with van der Waals surface area (Å²) < 4.78 is 3.17. The van der Waals surface area contributed by atoms with Crippen molar-refractivity contribution in [2.45, 2.75) is 13.1 Å². The molecule has 11 N–H and O–H groups in total. The molecule has 0 atom stereocenters. The number of aryl methyl sites for hydroxylation is 1. The van der Waals surface area contributed by atoms with Gasteiger partial charge in [-0.3, -0.25) is 29.3 Å². The van der Waals surface area contributed by atoms with Crippen LogP contribution >= 0.6 is 11.6 Å². The number of aliphatic hydroxyl groups excluding tert-OH is 1. The molecule has 0 bridgehead atoms. The molecular weight excluding hydrogens is 538 g/mol. The van der Waals surface area contributed by atoms with E-state index >= 15 is 0 Å². The number of H-pyrrole nitrogens is 4. The fourth-order valence-corrected chi connectivity index (χ4v) is 3.59. The normalized spacial score (nSPS) is 10.8. The molecule has 0 radical (unpaired) electrons. The summed E-state index contributed by atoms with van der Waals surface area (Å²) in [4.78, 5) is 66.8. The number of nitrogens with one attached hydrogen (secondary N) is 4. The van der Waals surface area contributed by atoms with E-state index in [1.165, 1.54) is 23.5 Å². The Labute approximate surface area is 220 Å². The first kappa shape index (κ1) is 26.8. The van der Waals surface area contributed by atoms with E-state index in [2.05, 4.69) is 49.8 Å². The predicted octanol–water partition coefficient (Wildman–Crippen LogP) is -2.14. The van der Waals surface area contributed by atoms with Gasteiger partial charge in [0, 0.05) is 19.0 Å². The minimum atomic E-state index is -0.349. The van der Waals surface area contributed by atoms with Crippen LogP contribution in [0, 0.1) is 0 Å². The van der Waals surface area contributed by atoms with Crippen LogP contribution in [0.4, 0.5) is 17.8 Å². The Kier molecular flexibility index (Phi) is 7.82. The number of nitrogen functional groups attached to an aromatic ring is 3. The highest BCUT2D eigenvalue weighted by atomic mass is 35.5. The largest absolute Gasteiger partial charge is 0.395 e. The van der Waals surface area contributed by atoms with Gasteiger partial charge in [0.1, 0.15) is 0 Å². The highest BCUT2D eigenvalue weighted by Crippen LogP contribution is 2.06. The predicted molar refractivity (Wildman–Crippen MR) is 142 cm³/mol. The summed E-state index contributed by atoms with van der Waals surface area (Å²) in [6.07, 6.45) is 4.36. The van der Waals surface area contributed by atoms with E-state index in [0.29, 0.717) is 52.5 Å². The molecule has 0 saturated carbocycles. The summed E-state index contributed by atoms with van der Waals surface area (Å²) in [6.45, 7) is 0.771. The molecule has 20 heteroatoms. The molecule has 0 saturated heterocycles.